The van der Waals surface area contributed by atoms with E-state index in [1.807, 2.05) is 0 Å². The zero-order valence-electron chi connectivity index (χ0n) is 8.62. The standard InChI is InChI=1S/C12H16NS/c1-9-8-14-12-11-5-3-2-4-10(11)6-7-13(9)12/h4-5,9H,2-3,6-8H2,1H3/q+1. The predicted molar refractivity (Wildman–Crippen MR) is 62.1 cm³/mol. The Labute approximate surface area is 89.6 Å². The molecule has 14 heavy (non-hydrogen) atoms. The van der Waals surface area contributed by atoms with Gasteiger partial charge in [0.05, 0.1) is 11.3 Å². The zero-order chi connectivity index (χ0) is 9.54. The van der Waals surface area contributed by atoms with Crippen molar-refractivity contribution >= 4 is 16.8 Å². The van der Waals surface area contributed by atoms with E-state index in [-0.39, 0.29) is 0 Å². The van der Waals surface area contributed by atoms with Gasteiger partial charge in [0.2, 0.25) is 5.04 Å². The van der Waals surface area contributed by atoms with E-state index < -0.39 is 0 Å². The topological polar surface area (TPSA) is 3.01 Å². The highest BCUT2D eigenvalue weighted by Gasteiger charge is 2.37. The number of hydrogen-bond acceptors (Lipinski definition) is 1. The van der Waals surface area contributed by atoms with Gasteiger partial charge in [-0.25, -0.2) is 4.58 Å². The van der Waals surface area contributed by atoms with Crippen LogP contribution in [-0.2, 0) is 0 Å². The Balaban J connectivity index is 2.06. The van der Waals surface area contributed by atoms with Gasteiger partial charge in [0.15, 0.2) is 6.04 Å². The fourth-order valence-corrected chi connectivity index (χ4v) is 3.94. The molecule has 0 saturated carbocycles. The molecule has 3 aliphatic rings. The summed E-state index contributed by atoms with van der Waals surface area (Å²) >= 11 is 2.05. The Morgan fingerprint density at radius 1 is 1.36 bits per heavy atom. The summed E-state index contributed by atoms with van der Waals surface area (Å²) in [6.45, 7) is 3.59. The lowest BCUT2D eigenvalue weighted by Crippen LogP contribution is -2.30. The van der Waals surface area contributed by atoms with Crippen LogP contribution in [0.5, 0.6) is 0 Å². The van der Waals surface area contributed by atoms with Crippen LogP contribution in [0.2, 0.25) is 0 Å². The number of fused-ring (bicyclic) bond motifs is 2. The molecule has 0 amide bonds. The molecule has 0 aromatic heterocycles. The van der Waals surface area contributed by atoms with E-state index >= 15 is 0 Å². The fourth-order valence-electron chi connectivity index (χ4n) is 2.56. The van der Waals surface area contributed by atoms with Crippen LogP contribution in [0.3, 0.4) is 0 Å². The van der Waals surface area contributed by atoms with Crippen molar-refractivity contribution < 1.29 is 4.58 Å². The van der Waals surface area contributed by atoms with Gasteiger partial charge in [-0.05, 0) is 25.3 Å². The molecule has 0 radical (unpaired) electrons. The Kier molecular flexibility index (Phi) is 2.05. The molecule has 2 heterocycles. The van der Waals surface area contributed by atoms with Gasteiger partial charge in [-0.3, -0.25) is 0 Å². The fraction of sp³-hybridized carbons (Fsp3) is 0.583. The first-order valence-corrected chi connectivity index (χ1v) is 6.51. The monoisotopic (exact) mass is 206 g/mol. The Hall–Kier alpha value is -0.500. The lowest BCUT2D eigenvalue weighted by molar-refractivity contribution is -0.552. The molecule has 1 atom stereocenters. The summed E-state index contributed by atoms with van der Waals surface area (Å²) in [4.78, 5) is 0. The van der Waals surface area contributed by atoms with Crippen molar-refractivity contribution in [2.24, 2.45) is 0 Å². The molecule has 0 saturated heterocycles. The molecular weight excluding hydrogens is 190 g/mol. The minimum Gasteiger partial charge on any atom is -0.220 e. The molecule has 1 aliphatic carbocycles. The molecule has 2 heteroatoms. The Bertz CT molecular complexity index is 363. The van der Waals surface area contributed by atoms with Crippen molar-refractivity contribution in [3.63, 3.8) is 0 Å². The molecule has 1 unspecified atom stereocenters. The second-order valence-electron chi connectivity index (χ2n) is 4.33. The van der Waals surface area contributed by atoms with Crippen LogP contribution in [0.25, 0.3) is 0 Å². The summed E-state index contributed by atoms with van der Waals surface area (Å²) in [5.74, 6) is 1.28. The van der Waals surface area contributed by atoms with Crippen LogP contribution >= 0.6 is 11.8 Å². The quantitative estimate of drug-likeness (QED) is 0.551. The van der Waals surface area contributed by atoms with Crippen molar-refractivity contribution in [3.8, 4) is 0 Å². The molecule has 74 valence electrons. The van der Waals surface area contributed by atoms with Crippen molar-refractivity contribution in [1.82, 2.24) is 0 Å². The Morgan fingerprint density at radius 3 is 3.14 bits per heavy atom. The normalized spacial score (nSPS) is 30.8. The molecule has 0 bridgehead atoms. The highest BCUT2D eigenvalue weighted by molar-refractivity contribution is 8.14. The van der Waals surface area contributed by atoms with Crippen LogP contribution in [0, 0.1) is 0 Å². The first-order valence-electron chi connectivity index (χ1n) is 5.52. The largest absolute Gasteiger partial charge is 0.242 e. The molecule has 0 spiro atoms. The molecule has 3 rings (SSSR count). The second kappa shape index (κ2) is 3.27. The smallest absolute Gasteiger partial charge is 0.220 e. The summed E-state index contributed by atoms with van der Waals surface area (Å²) in [7, 11) is 0. The molecule has 1 nitrogen and oxygen atoms in total. The third-order valence-corrected chi connectivity index (χ3v) is 4.74. The maximum Gasteiger partial charge on any atom is 0.242 e. The lowest BCUT2D eigenvalue weighted by Gasteiger charge is -2.19. The maximum absolute atomic E-state index is 2.60. The van der Waals surface area contributed by atoms with Gasteiger partial charge in [0, 0.05) is 6.42 Å². The van der Waals surface area contributed by atoms with E-state index in [0.29, 0.717) is 0 Å². The summed E-state index contributed by atoms with van der Waals surface area (Å²) in [5.41, 5.74) is 3.18. The van der Waals surface area contributed by atoms with Crippen molar-refractivity contribution in [2.75, 3.05) is 12.3 Å². The second-order valence-corrected chi connectivity index (χ2v) is 5.34. The van der Waals surface area contributed by atoms with E-state index in [2.05, 4.69) is 35.4 Å². The highest BCUT2D eigenvalue weighted by atomic mass is 32.2. The minimum absolute atomic E-state index is 0.749. The third kappa shape index (κ3) is 1.20. The van der Waals surface area contributed by atoms with Crippen molar-refractivity contribution in [1.29, 1.82) is 0 Å². The molecule has 0 N–H and O–H groups in total. The van der Waals surface area contributed by atoms with E-state index in [4.69, 9.17) is 0 Å². The van der Waals surface area contributed by atoms with Crippen LogP contribution in [0.15, 0.2) is 23.3 Å². The minimum atomic E-state index is 0.749. The molecule has 2 aliphatic heterocycles. The number of nitrogens with zero attached hydrogens (tertiary/aromatic N) is 1. The van der Waals surface area contributed by atoms with Gasteiger partial charge in [0.25, 0.3) is 0 Å². The number of allylic oxidation sites excluding steroid dienone is 2. The molecular formula is C12H16NS+. The Morgan fingerprint density at radius 2 is 2.21 bits per heavy atom. The third-order valence-electron chi connectivity index (χ3n) is 3.36. The average molecular weight is 206 g/mol. The molecule has 0 fully saturated rings. The van der Waals surface area contributed by atoms with E-state index in [9.17, 15) is 0 Å². The van der Waals surface area contributed by atoms with Gasteiger partial charge in [-0.15, -0.1) is 0 Å². The van der Waals surface area contributed by atoms with Crippen LogP contribution < -0.4 is 0 Å². The summed E-state index contributed by atoms with van der Waals surface area (Å²) in [6.07, 6.45) is 8.66. The van der Waals surface area contributed by atoms with Gasteiger partial charge in [-0.2, -0.15) is 0 Å². The van der Waals surface area contributed by atoms with E-state index in [1.54, 1.807) is 16.2 Å². The van der Waals surface area contributed by atoms with E-state index in [0.717, 1.165) is 6.04 Å². The molecule has 0 aromatic carbocycles. The van der Waals surface area contributed by atoms with Gasteiger partial charge < -0.3 is 0 Å². The highest BCUT2D eigenvalue weighted by Crippen LogP contribution is 2.34. The van der Waals surface area contributed by atoms with Gasteiger partial charge in [0.1, 0.15) is 6.54 Å². The number of hydrogen-bond donors (Lipinski definition) is 0. The van der Waals surface area contributed by atoms with Crippen LogP contribution in [0.1, 0.15) is 26.2 Å². The number of thioether (sulfide) groups is 1. The van der Waals surface area contributed by atoms with Crippen molar-refractivity contribution in [2.45, 2.75) is 32.2 Å². The number of rotatable bonds is 0. The van der Waals surface area contributed by atoms with Crippen LogP contribution in [0.4, 0.5) is 0 Å². The summed E-state index contributed by atoms with van der Waals surface area (Å²) < 4.78 is 2.60. The molecule has 0 aromatic rings. The zero-order valence-corrected chi connectivity index (χ0v) is 9.44. The SMILES string of the molecule is CC1CSC2=[N+]1CCC1=CCCC=C12. The van der Waals surface area contributed by atoms with Gasteiger partial charge >= 0.3 is 0 Å². The first kappa shape index (κ1) is 8.78. The average Bonchev–Trinajstić information content (AvgIpc) is 2.61. The first-order chi connectivity index (χ1) is 6.86. The summed E-state index contributed by atoms with van der Waals surface area (Å²) in [6, 6.07) is 0.749. The van der Waals surface area contributed by atoms with Crippen molar-refractivity contribution in [3.05, 3.63) is 23.3 Å². The summed E-state index contributed by atoms with van der Waals surface area (Å²) in [5, 5.41) is 1.56. The maximum atomic E-state index is 2.60. The lowest BCUT2D eigenvalue weighted by atomic mass is 9.93. The predicted octanol–water partition coefficient (Wildman–Crippen LogP) is 2.58. The van der Waals surface area contributed by atoms with E-state index in [1.165, 1.54) is 31.6 Å². The van der Waals surface area contributed by atoms with Gasteiger partial charge in [-0.1, -0.05) is 23.9 Å². The van der Waals surface area contributed by atoms with Crippen LogP contribution in [-0.4, -0.2) is 28.0 Å².